The Kier molecular flexibility index (Phi) is 7.52. The average molecular weight is 548 g/mol. The van der Waals surface area contributed by atoms with E-state index < -0.39 is 0 Å². The van der Waals surface area contributed by atoms with E-state index >= 15 is 0 Å². The van der Waals surface area contributed by atoms with Crippen LogP contribution in [0.5, 0.6) is 0 Å². The number of hydrogen-bond acceptors (Lipinski definition) is 8. The van der Waals surface area contributed by atoms with Crippen LogP contribution >= 0.6 is 0 Å². The van der Waals surface area contributed by atoms with Crippen LogP contribution < -0.4 is 10.6 Å². The van der Waals surface area contributed by atoms with Gasteiger partial charge in [0.05, 0.1) is 29.1 Å². The van der Waals surface area contributed by atoms with Crippen molar-refractivity contribution in [1.29, 1.82) is 0 Å². The fourth-order valence-corrected chi connectivity index (χ4v) is 6.58. The molecular formula is C30H41N7O3. The van der Waals surface area contributed by atoms with Crippen LogP contribution in [0, 0.1) is 5.92 Å². The minimum Gasteiger partial charge on any atom is -0.395 e. The zero-order chi connectivity index (χ0) is 27.9. The lowest BCUT2D eigenvalue weighted by molar-refractivity contribution is -0.139. The molecule has 10 nitrogen and oxygen atoms in total. The first-order valence-corrected chi connectivity index (χ1v) is 14.5. The van der Waals surface area contributed by atoms with Crippen molar-refractivity contribution >= 4 is 17.1 Å². The molecule has 2 aliphatic heterocycles. The van der Waals surface area contributed by atoms with E-state index in [0.29, 0.717) is 0 Å². The van der Waals surface area contributed by atoms with Gasteiger partial charge in [0.1, 0.15) is 0 Å². The second kappa shape index (κ2) is 11.1. The van der Waals surface area contributed by atoms with Crippen molar-refractivity contribution in [3.05, 3.63) is 48.4 Å². The number of piperazine rings is 1. The summed E-state index contributed by atoms with van der Waals surface area (Å²) in [5.41, 5.74) is 10.7. The maximum Gasteiger partial charge on any atom is 0.225 e. The molecule has 1 saturated carbocycles. The number of carbonyl (C=O) groups is 1. The molecular weight excluding hydrogens is 506 g/mol. The molecule has 0 unspecified atom stereocenters. The number of nitrogens with two attached hydrogens (primary N) is 1. The molecule has 40 heavy (non-hydrogen) atoms. The van der Waals surface area contributed by atoms with Gasteiger partial charge in [-0.3, -0.25) is 14.7 Å². The molecule has 1 aliphatic carbocycles. The fraction of sp³-hybridized carbons (Fsp3) is 0.567. The predicted molar refractivity (Wildman–Crippen MR) is 154 cm³/mol. The summed E-state index contributed by atoms with van der Waals surface area (Å²) in [6, 6.07) is 8.78. The van der Waals surface area contributed by atoms with Gasteiger partial charge in [0.25, 0.3) is 0 Å². The number of pyridine rings is 1. The molecule has 0 aromatic carbocycles. The zero-order valence-electron chi connectivity index (χ0n) is 23.6. The molecule has 214 valence electrons. The van der Waals surface area contributed by atoms with Gasteiger partial charge in [-0.1, -0.05) is 6.07 Å². The Morgan fingerprint density at radius 1 is 1.15 bits per heavy atom. The molecule has 6 rings (SSSR count). The molecule has 1 atom stereocenters. The number of carbonyl (C=O) groups excluding carboxylic acids is 1. The lowest BCUT2D eigenvalue weighted by Gasteiger charge is -2.42. The standard InChI is InChI=1S/C30H41N7O3/c1-21(20-38)34-9-6-30(40-2,7-10-34)24-3-4-26(32-18-24)23-17-28-27(5-8-33-37(28)19-23)35-11-13-36(14-12-35)29(39)22-15-25(31)16-22/h3-5,8,17-19,21-22,25,38H,6-7,9-16,20,31H2,1-2H3/t21-,22-,25-/m1/s1. The highest BCUT2D eigenvalue weighted by atomic mass is 16.5. The maximum atomic E-state index is 12.8. The van der Waals surface area contributed by atoms with E-state index in [0.717, 1.165) is 93.0 Å². The van der Waals surface area contributed by atoms with Crippen LogP contribution in [0.3, 0.4) is 0 Å². The largest absolute Gasteiger partial charge is 0.395 e. The van der Waals surface area contributed by atoms with Crippen LogP contribution in [0.4, 0.5) is 5.69 Å². The van der Waals surface area contributed by atoms with Gasteiger partial charge in [-0.05, 0) is 50.8 Å². The van der Waals surface area contributed by atoms with Crippen LogP contribution in [-0.2, 0) is 15.1 Å². The van der Waals surface area contributed by atoms with Gasteiger partial charge in [0.2, 0.25) is 5.91 Å². The number of amides is 1. The number of piperidine rings is 1. The van der Waals surface area contributed by atoms with Gasteiger partial charge in [-0.15, -0.1) is 0 Å². The van der Waals surface area contributed by atoms with Crippen molar-refractivity contribution in [2.24, 2.45) is 11.7 Å². The molecule has 10 heteroatoms. The zero-order valence-corrected chi connectivity index (χ0v) is 23.6. The predicted octanol–water partition coefficient (Wildman–Crippen LogP) is 2.10. The van der Waals surface area contributed by atoms with Crippen molar-refractivity contribution in [2.45, 2.75) is 50.3 Å². The highest BCUT2D eigenvalue weighted by Crippen LogP contribution is 2.37. The first-order chi connectivity index (χ1) is 19.4. The van der Waals surface area contributed by atoms with Crippen LogP contribution in [-0.4, -0.2) is 100 Å². The molecule has 1 amide bonds. The number of likely N-dealkylation sites (tertiary alicyclic amines) is 1. The lowest BCUT2D eigenvalue weighted by Crippen LogP contribution is -2.53. The van der Waals surface area contributed by atoms with Crippen molar-refractivity contribution in [3.63, 3.8) is 0 Å². The molecule has 3 fully saturated rings. The molecule has 0 spiro atoms. The number of ether oxygens (including phenoxy) is 1. The minimum absolute atomic E-state index is 0.114. The molecule has 3 aromatic heterocycles. The molecule has 0 radical (unpaired) electrons. The highest BCUT2D eigenvalue weighted by molar-refractivity contribution is 5.81. The Balaban J connectivity index is 1.16. The Hall–Kier alpha value is -3.05. The van der Waals surface area contributed by atoms with Crippen LogP contribution in [0.15, 0.2) is 42.9 Å². The number of nitrogens with zero attached hydrogens (tertiary/aromatic N) is 6. The van der Waals surface area contributed by atoms with E-state index in [9.17, 15) is 9.90 Å². The monoisotopic (exact) mass is 547 g/mol. The fourth-order valence-electron chi connectivity index (χ4n) is 6.58. The highest BCUT2D eigenvalue weighted by Gasteiger charge is 2.38. The van der Waals surface area contributed by atoms with Crippen molar-refractivity contribution < 1.29 is 14.6 Å². The summed E-state index contributed by atoms with van der Waals surface area (Å²) < 4.78 is 7.99. The van der Waals surface area contributed by atoms with E-state index in [1.165, 1.54) is 0 Å². The number of aliphatic hydroxyl groups excluding tert-OH is 1. The number of anilines is 1. The number of aromatic nitrogens is 3. The van der Waals surface area contributed by atoms with E-state index in [4.69, 9.17) is 15.5 Å². The van der Waals surface area contributed by atoms with E-state index in [1.54, 1.807) is 7.11 Å². The summed E-state index contributed by atoms with van der Waals surface area (Å²) in [6.45, 7) is 7.05. The van der Waals surface area contributed by atoms with Crippen LogP contribution in [0.1, 0.15) is 38.2 Å². The van der Waals surface area contributed by atoms with Gasteiger partial charge in [-0.2, -0.15) is 5.10 Å². The molecule has 5 heterocycles. The smallest absolute Gasteiger partial charge is 0.225 e. The van der Waals surface area contributed by atoms with Crippen molar-refractivity contribution in [1.82, 2.24) is 24.4 Å². The second-order valence-electron chi connectivity index (χ2n) is 11.7. The summed E-state index contributed by atoms with van der Waals surface area (Å²) >= 11 is 0. The van der Waals surface area contributed by atoms with Crippen LogP contribution in [0.2, 0.25) is 0 Å². The van der Waals surface area contributed by atoms with Gasteiger partial charge in [0.15, 0.2) is 0 Å². The SMILES string of the molecule is COC1(c2ccc(-c3cc4c(N5CCN(C(=O)[C@H]6C[C@H](N)C6)CC5)ccnn4c3)nc2)CCN([C@H](C)CO)CC1. The first kappa shape index (κ1) is 27.1. The van der Waals surface area contributed by atoms with E-state index in [1.807, 2.05) is 28.0 Å². The van der Waals surface area contributed by atoms with Gasteiger partial charge < -0.3 is 25.4 Å². The van der Waals surface area contributed by atoms with E-state index in [2.05, 4.69) is 46.1 Å². The van der Waals surface area contributed by atoms with Crippen molar-refractivity contribution in [2.75, 3.05) is 57.9 Å². The lowest BCUT2D eigenvalue weighted by atomic mass is 9.80. The van der Waals surface area contributed by atoms with E-state index in [-0.39, 0.29) is 36.1 Å². The third-order valence-corrected chi connectivity index (χ3v) is 9.41. The Labute approximate surface area is 235 Å². The number of fused-ring (bicyclic) bond motifs is 1. The molecule has 0 bridgehead atoms. The Morgan fingerprint density at radius 3 is 2.52 bits per heavy atom. The topological polar surface area (TPSA) is 112 Å². The molecule has 2 saturated heterocycles. The minimum atomic E-state index is -0.356. The third kappa shape index (κ3) is 4.98. The molecule has 3 N–H and O–H groups in total. The van der Waals surface area contributed by atoms with Gasteiger partial charge in [-0.25, -0.2) is 4.52 Å². The summed E-state index contributed by atoms with van der Waals surface area (Å²) in [5, 5.41) is 14.1. The number of rotatable bonds is 7. The maximum absolute atomic E-state index is 12.8. The van der Waals surface area contributed by atoms with Crippen molar-refractivity contribution in [3.8, 4) is 11.3 Å². The summed E-state index contributed by atoms with van der Waals surface area (Å²) in [7, 11) is 1.78. The average Bonchev–Trinajstić information content (AvgIpc) is 3.44. The van der Waals surface area contributed by atoms with Gasteiger partial charge >= 0.3 is 0 Å². The quantitative estimate of drug-likeness (QED) is 0.463. The summed E-state index contributed by atoms with van der Waals surface area (Å²) in [6.07, 6.45) is 9.19. The normalized spacial score (nSPS) is 24.2. The second-order valence-corrected chi connectivity index (χ2v) is 11.7. The Bertz CT molecular complexity index is 1320. The molecule has 3 aliphatic rings. The number of aliphatic hydroxyl groups is 1. The molecule has 3 aromatic rings. The first-order valence-electron chi connectivity index (χ1n) is 14.5. The Morgan fingerprint density at radius 2 is 1.90 bits per heavy atom. The van der Waals surface area contributed by atoms with Gasteiger partial charge in [0, 0.05) is 94.1 Å². The summed E-state index contributed by atoms with van der Waals surface area (Å²) in [5.74, 6) is 0.379. The third-order valence-electron chi connectivity index (χ3n) is 9.41. The number of methoxy groups -OCH3 is 1. The summed E-state index contributed by atoms with van der Waals surface area (Å²) in [4.78, 5) is 24.3. The number of hydrogen-bond donors (Lipinski definition) is 2. The van der Waals surface area contributed by atoms with Crippen LogP contribution in [0.25, 0.3) is 16.8 Å².